The molecule has 0 bridgehead atoms. The van der Waals surface area contributed by atoms with E-state index in [9.17, 15) is 9.90 Å². The van der Waals surface area contributed by atoms with E-state index in [0.29, 0.717) is 24.0 Å². The van der Waals surface area contributed by atoms with Crippen LogP contribution in [0.25, 0.3) is 0 Å². The number of aliphatic hydroxyl groups is 1. The van der Waals surface area contributed by atoms with Crippen LogP contribution in [0.2, 0.25) is 0 Å². The number of hydrogen-bond acceptors (Lipinski definition) is 5. The van der Waals surface area contributed by atoms with Crippen LogP contribution >= 0.6 is 11.8 Å². The van der Waals surface area contributed by atoms with Crippen LogP contribution in [0.5, 0.6) is 0 Å². The molecule has 1 saturated carbocycles. The second-order valence-corrected chi connectivity index (χ2v) is 7.21. The summed E-state index contributed by atoms with van der Waals surface area (Å²) in [6.45, 7) is 0.591. The van der Waals surface area contributed by atoms with Gasteiger partial charge < -0.3 is 19.4 Å². The molecule has 0 aliphatic heterocycles. The van der Waals surface area contributed by atoms with Crippen LogP contribution in [-0.2, 0) is 12.8 Å². The molecule has 6 nitrogen and oxygen atoms in total. The number of carbonyl (C=O) groups excluding carboxylic acids is 1. The number of amides is 1. The molecule has 0 saturated heterocycles. The molecule has 2 aromatic rings. The maximum atomic E-state index is 12.2. The minimum Gasteiger partial charge on any atom is -0.455 e. The zero-order chi connectivity index (χ0) is 16.9. The third kappa shape index (κ3) is 4.42. The average Bonchev–Trinajstić information content (AvgIpc) is 3.20. The van der Waals surface area contributed by atoms with E-state index in [1.807, 2.05) is 23.9 Å². The van der Waals surface area contributed by atoms with Crippen molar-refractivity contribution in [1.82, 2.24) is 14.9 Å². The molecular formula is C17H23N3O3S. The standard InChI is InChI=1S/C17H23N3O3S/c1-20-8-7-18-17(20)24-11-14-5-6-15(23-14)16(22)19-10-12-3-2-4-13(21)9-12/h5-8,12-13,21H,2-4,9-11H2,1H3,(H,19,22). The van der Waals surface area contributed by atoms with E-state index in [4.69, 9.17) is 4.42 Å². The van der Waals surface area contributed by atoms with Gasteiger partial charge in [-0.2, -0.15) is 0 Å². The summed E-state index contributed by atoms with van der Waals surface area (Å²) in [5, 5.41) is 13.5. The quantitative estimate of drug-likeness (QED) is 0.784. The van der Waals surface area contributed by atoms with E-state index in [1.165, 1.54) is 0 Å². The second-order valence-electron chi connectivity index (χ2n) is 6.27. The van der Waals surface area contributed by atoms with Gasteiger partial charge in [-0.1, -0.05) is 18.2 Å². The van der Waals surface area contributed by atoms with Crippen LogP contribution in [-0.4, -0.2) is 33.2 Å². The Morgan fingerprint density at radius 2 is 2.38 bits per heavy atom. The van der Waals surface area contributed by atoms with Gasteiger partial charge in [-0.05, 0) is 37.3 Å². The average molecular weight is 349 g/mol. The summed E-state index contributed by atoms with van der Waals surface area (Å²) in [6.07, 6.45) is 7.15. The molecule has 0 radical (unpaired) electrons. The first kappa shape index (κ1) is 17.1. The summed E-state index contributed by atoms with van der Waals surface area (Å²) < 4.78 is 7.57. The smallest absolute Gasteiger partial charge is 0.287 e. The molecule has 1 amide bonds. The first-order chi connectivity index (χ1) is 11.6. The summed E-state index contributed by atoms with van der Waals surface area (Å²) in [5.74, 6) is 1.88. The van der Waals surface area contributed by atoms with Gasteiger partial charge in [0.25, 0.3) is 5.91 Å². The van der Waals surface area contributed by atoms with Crippen molar-refractivity contribution in [3.05, 3.63) is 36.0 Å². The first-order valence-electron chi connectivity index (χ1n) is 8.27. The molecular weight excluding hydrogens is 326 g/mol. The van der Waals surface area contributed by atoms with Gasteiger partial charge in [0.1, 0.15) is 5.76 Å². The Morgan fingerprint density at radius 1 is 1.50 bits per heavy atom. The van der Waals surface area contributed by atoms with Crippen molar-refractivity contribution in [2.24, 2.45) is 13.0 Å². The van der Waals surface area contributed by atoms with Crippen LogP contribution in [0.1, 0.15) is 42.0 Å². The van der Waals surface area contributed by atoms with Gasteiger partial charge in [-0.15, -0.1) is 0 Å². The topological polar surface area (TPSA) is 80.3 Å². The molecule has 1 aliphatic rings. The number of aryl methyl sites for hydroxylation is 1. The van der Waals surface area contributed by atoms with Crippen LogP contribution in [0.4, 0.5) is 0 Å². The number of nitrogens with zero attached hydrogens (tertiary/aromatic N) is 2. The van der Waals surface area contributed by atoms with Gasteiger partial charge in [0.15, 0.2) is 10.9 Å². The Balaban J connectivity index is 1.47. The molecule has 7 heteroatoms. The lowest BCUT2D eigenvalue weighted by Crippen LogP contribution is -2.32. The third-order valence-electron chi connectivity index (χ3n) is 4.31. The Hall–Kier alpha value is -1.73. The Kier molecular flexibility index (Phi) is 5.63. The number of hydrogen-bond donors (Lipinski definition) is 2. The molecule has 2 heterocycles. The second kappa shape index (κ2) is 7.90. The SMILES string of the molecule is Cn1ccnc1SCc1ccc(C(=O)NCC2CCCC(O)C2)o1. The fraction of sp³-hybridized carbons (Fsp3) is 0.529. The van der Waals surface area contributed by atoms with Crippen molar-refractivity contribution < 1.29 is 14.3 Å². The van der Waals surface area contributed by atoms with Gasteiger partial charge in [0.2, 0.25) is 0 Å². The molecule has 2 atom stereocenters. The zero-order valence-corrected chi connectivity index (χ0v) is 14.6. The highest BCUT2D eigenvalue weighted by Crippen LogP contribution is 2.24. The fourth-order valence-corrected chi connectivity index (χ4v) is 3.80. The molecule has 1 aliphatic carbocycles. The van der Waals surface area contributed by atoms with Crippen molar-refractivity contribution in [1.29, 1.82) is 0 Å². The first-order valence-corrected chi connectivity index (χ1v) is 9.25. The molecule has 2 unspecified atom stereocenters. The minimum absolute atomic E-state index is 0.191. The van der Waals surface area contributed by atoms with Crippen LogP contribution in [0.3, 0.4) is 0 Å². The number of aromatic nitrogens is 2. The van der Waals surface area contributed by atoms with Gasteiger partial charge in [0.05, 0.1) is 11.9 Å². The minimum atomic E-state index is -0.223. The highest BCUT2D eigenvalue weighted by molar-refractivity contribution is 7.98. The van der Waals surface area contributed by atoms with Crippen molar-refractivity contribution in [2.45, 2.75) is 42.7 Å². The summed E-state index contributed by atoms with van der Waals surface area (Å²) in [4.78, 5) is 16.4. The predicted octanol–water partition coefficient (Wildman–Crippen LogP) is 2.59. The predicted molar refractivity (Wildman–Crippen MR) is 91.8 cm³/mol. The van der Waals surface area contributed by atoms with E-state index in [1.54, 1.807) is 24.0 Å². The van der Waals surface area contributed by atoms with Crippen molar-refractivity contribution in [3.63, 3.8) is 0 Å². The Bertz CT molecular complexity index is 682. The molecule has 130 valence electrons. The number of carbonyl (C=O) groups is 1. The van der Waals surface area contributed by atoms with Crippen LogP contribution < -0.4 is 5.32 Å². The molecule has 2 N–H and O–H groups in total. The molecule has 1 fully saturated rings. The molecule has 2 aromatic heterocycles. The monoisotopic (exact) mass is 349 g/mol. The molecule has 24 heavy (non-hydrogen) atoms. The van der Waals surface area contributed by atoms with Crippen LogP contribution in [0, 0.1) is 5.92 Å². The van der Waals surface area contributed by atoms with Gasteiger partial charge in [-0.3, -0.25) is 4.79 Å². The van der Waals surface area contributed by atoms with E-state index in [0.717, 1.165) is 36.6 Å². The molecule has 0 aromatic carbocycles. The van der Waals surface area contributed by atoms with Crippen molar-refractivity contribution in [3.8, 4) is 0 Å². The normalized spacial score (nSPS) is 20.9. The van der Waals surface area contributed by atoms with E-state index >= 15 is 0 Å². The maximum Gasteiger partial charge on any atom is 0.287 e. The lowest BCUT2D eigenvalue weighted by Gasteiger charge is -2.25. The number of aliphatic hydroxyl groups excluding tert-OH is 1. The molecule has 3 rings (SSSR count). The maximum absolute atomic E-state index is 12.2. The Labute approximate surface area is 145 Å². The summed E-state index contributed by atoms with van der Waals surface area (Å²) in [7, 11) is 1.94. The van der Waals surface area contributed by atoms with E-state index in [-0.39, 0.29) is 12.0 Å². The van der Waals surface area contributed by atoms with E-state index < -0.39 is 0 Å². The number of thioether (sulfide) groups is 1. The Morgan fingerprint density at radius 3 is 3.12 bits per heavy atom. The lowest BCUT2D eigenvalue weighted by atomic mass is 9.87. The third-order valence-corrected chi connectivity index (χ3v) is 5.39. The fourth-order valence-electron chi connectivity index (χ4n) is 2.98. The number of nitrogens with one attached hydrogen (secondary N) is 1. The molecule has 0 spiro atoms. The number of imidazole rings is 1. The van der Waals surface area contributed by atoms with Gasteiger partial charge >= 0.3 is 0 Å². The number of rotatable bonds is 6. The summed E-state index contributed by atoms with van der Waals surface area (Å²) in [5.41, 5.74) is 0. The van der Waals surface area contributed by atoms with Crippen LogP contribution in [0.15, 0.2) is 34.1 Å². The van der Waals surface area contributed by atoms with E-state index in [2.05, 4.69) is 10.3 Å². The highest BCUT2D eigenvalue weighted by atomic mass is 32.2. The van der Waals surface area contributed by atoms with Gasteiger partial charge in [0, 0.05) is 26.0 Å². The highest BCUT2D eigenvalue weighted by Gasteiger charge is 2.21. The lowest BCUT2D eigenvalue weighted by molar-refractivity contribution is 0.0853. The van der Waals surface area contributed by atoms with Gasteiger partial charge in [-0.25, -0.2) is 4.98 Å². The van der Waals surface area contributed by atoms with Crippen molar-refractivity contribution >= 4 is 17.7 Å². The largest absolute Gasteiger partial charge is 0.455 e. The summed E-state index contributed by atoms with van der Waals surface area (Å²) in [6, 6.07) is 3.54. The number of furan rings is 1. The zero-order valence-electron chi connectivity index (χ0n) is 13.8. The van der Waals surface area contributed by atoms with Crippen molar-refractivity contribution in [2.75, 3.05) is 6.54 Å². The summed E-state index contributed by atoms with van der Waals surface area (Å²) >= 11 is 1.57.